The Morgan fingerprint density at radius 2 is 1.85 bits per heavy atom. The Balaban J connectivity index is 1.42. The SMILES string of the molecule is C[C@H]1[C@@H](c2ccc(F)c(F)c2OCCN2C[C@H]3COC[C@H]3C2)[C@H](C(=O)Nc2cnc(CO)nc2)O[C@@]1(C)C(F)(F)F. The first-order valence-electron chi connectivity index (χ1n) is 13.3. The largest absolute Gasteiger partial charge is 0.489 e. The Labute approximate surface area is 233 Å². The summed E-state index contributed by atoms with van der Waals surface area (Å²) in [5, 5.41) is 11.5. The predicted octanol–water partition coefficient (Wildman–Crippen LogP) is 3.28. The summed E-state index contributed by atoms with van der Waals surface area (Å²) in [6.45, 7) is 4.86. The number of hydrogen-bond donors (Lipinski definition) is 2. The molecule has 0 unspecified atom stereocenters. The molecule has 0 aliphatic carbocycles. The monoisotopic (exact) mass is 586 g/mol. The maximum Gasteiger partial charge on any atom is 0.417 e. The number of likely N-dealkylation sites (tertiary alicyclic amines) is 1. The number of anilines is 1. The first-order chi connectivity index (χ1) is 19.4. The molecule has 224 valence electrons. The molecule has 1 aromatic carbocycles. The second-order valence-electron chi connectivity index (χ2n) is 10.9. The van der Waals surface area contributed by atoms with E-state index >= 15 is 4.39 Å². The molecule has 2 aromatic rings. The van der Waals surface area contributed by atoms with Gasteiger partial charge in [0.15, 0.2) is 23.0 Å². The van der Waals surface area contributed by atoms with E-state index in [4.69, 9.17) is 19.3 Å². The molecule has 0 radical (unpaired) electrons. The fourth-order valence-electron chi connectivity index (χ4n) is 5.94. The quantitative estimate of drug-likeness (QED) is 0.455. The van der Waals surface area contributed by atoms with Crippen LogP contribution in [0.5, 0.6) is 5.75 Å². The Morgan fingerprint density at radius 1 is 1.20 bits per heavy atom. The summed E-state index contributed by atoms with van der Waals surface area (Å²) in [4.78, 5) is 23.1. The zero-order chi connectivity index (χ0) is 29.5. The molecule has 2 N–H and O–H groups in total. The van der Waals surface area contributed by atoms with Gasteiger partial charge in [0.25, 0.3) is 5.91 Å². The second-order valence-corrected chi connectivity index (χ2v) is 10.9. The number of carbonyl (C=O) groups excluding carboxylic acids is 1. The lowest BCUT2D eigenvalue weighted by Crippen LogP contribution is -2.47. The highest BCUT2D eigenvalue weighted by atomic mass is 19.4. The summed E-state index contributed by atoms with van der Waals surface area (Å²) < 4.78 is 89.0. The van der Waals surface area contributed by atoms with E-state index in [0.717, 1.165) is 32.1 Å². The molecule has 4 heterocycles. The number of benzene rings is 1. The predicted molar refractivity (Wildman–Crippen MR) is 134 cm³/mol. The van der Waals surface area contributed by atoms with Crippen LogP contribution in [0.15, 0.2) is 24.5 Å². The van der Waals surface area contributed by atoms with E-state index in [9.17, 15) is 22.4 Å². The Morgan fingerprint density at radius 3 is 2.46 bits per heavy atom. The van der Waals surface area contributed by atoms with Gasteiger partial charge in [0, 0.05) is 48.9 Å². The Kier molecular flexibility index (Phi) is 8.21. The van der Waals surface area contributed by atoms with Crippen LogP contribution in [0.3, 0.4) is 0 Å². The summed E-state index contributed by atoms with van der Waals surface area (Å²) in [7, 11) is 0. The van der Waals surface area contributed by atoms with E-state index in [1.165, 1.54) is 19.3 Å². The number of hydrogen-bond acceptors (Lipinski definition) is 8. The van der Waals surface area contributed by atoms with Gasteiger partial charge in [-0.3, -0.25) is 9.69 Å². The summed E-state index contributed by atoms with van der Waals surface area (Å²) in [5.41, 5.74) is -2.84. The molecule has 1 aromatic heterocycles. The van der Waals surface area contributed by atoms with E-state index in [0.29, 0.717) is 31.6 Å². The van der Waals surface area contributed by atoms with Crippen molar-refractivity contribution in [3.8, 4) is 5.75 Å². The Hall–Kier alpha value is -2.94. The van der Waals surface area contributed by atoms with E-state index in [-0.39, 0.29) is 23.7 Å². The third-order valence-electron chi connectivity index (χ3n) is 8.45. The van der Waals surface area contributed by atoms with Crippen LogP contribution in [0, 0.1) is 29.4 Å². The van der Waals surface area contributed by atoms with Crippen LogP contribution in [0.4, 0.5) is 27.6 Å². The van der Waals surface area contributed by atoms with Crippen molar-refractivity contribution < 1.29 is 46.1 Å². The number of aliphatic hydroxyl groups is 1. The van der Waals surface area contributed by atoms with Crippen LogP contribution in [0.25, 0.3) is 0 Å². The smallest absolute Gasteiger partial charge is 0.417 e. The molecule has 3 fully saturated rings. The fourth-order valence-corrected chi connectivity index (χ4v) is 5.94. The van der Waals surface area contributed by atoms with Crippen LogP contribution in [0.1, 0.15) is 31.2 Å². The van der Waals surface area contributed by atoms with Crippen molar-refractivity contribution in [3.05, 3.63) is 47.5 Å². The van der Waals surface area contributed by atoms with Crippen molar-refractivity contribution in [2.75, 3.05) is 44.8 Å². The molecule has 3 saturated heterocycles. The van der Waals surface area contributed by atoms with Crippen molar-refractivity contribution >= 4 is 11.6 Å². The van der Waals surface area contributed by atoms with E-state index < -0.39 is 59.6 Å². The number of halogens is 5. The third kappa shape index (κ3) is 5.62. The maximum absolute atomic E-state index is 15.2. The lowest BCUT2D eigenvalue weighted by atomic mass is 9.77. The zero-order valence-electron chi connectivity index (χ0n) is 22.5. The van der Waals surface area contributed by atoms with Crippen LogP contribution in [-0.2, 0) is 20.9 Å². The van der Waals surface area contributed by atoms with Gasteiger partial charge in [-0.2, -0.15) is 17.6 Å². The number of alkyl halides is 3. The molecule has 0 spiro atoms. The summed E-state index contributed by atoms with van der Waals surface area (Å²) in [5.74, 6) is -5.97. The van der Waals surface area contributed by atoms with Gasteiger partial charge >= 0.3 is 6.18 Å². The summed E-state index contributed by atoms with van der Waals surface area (Å²) >= 11 is 0. The van der Waals surface area contributed by atoms with Crippen molar-refractivity contribution in [1.29, 1.82) is 0 Å². The number of amides is 1. The molecule has 41 heavy (non-hydrogen) atoms. The molecule has 1 amide bonds. The molecule has 14 heteroatoms. The van der Waals surface area contributed by atoms with Crippen molar-refractivity contribution in [2.45, 2.75) is 44.3 Å². The average molecular weight is 587 g/mol. The minimum Gasteiger partial charge on any atom is -0.489 e. The first kappa shape index (κ1) is 29.5. The molecular formula is C27H31F5N4O5. The van der Waals surface area contributed by atoms with Crippen LogP contribution in [-0.4, -0.2) is 83.2 Å². The minimum atomic E-state index is -4.89. The number of aliphatic hydroxyl groups excluding tert-OH is 1. The molecule has 0 bridgehead atoms. The van der Waals surface area contributed by atoms with Crippen molar-refractivity contribution in [2.24, 2.45) is 17.8 Å². The van der Waals surface area contributed by atoms with Crippen LogP contribution >= 0.6 is 0 Å². The molecule has 3 aliphatic heterocycles. The molecule has 5 rings (SSSR count). The minimum absolute atomic E-state index is 0.0441. The summed E-state index contributed by atoms with van der Waals surface area (Å²) in [6.07, 6.45) is -4.28. The van der Waals surface area contributed by atoms with Gasteiger partial charge in [-0.05, 0) is 13.0 Å². The number of aromatic nitrogens is 2. The van der Waals surface area contributed by atoms with Crippen molar-refractivity contribution in [3.63, 3.8) is 0 Å². The van der Waals surface area contributed by atoms with E-state index in [1.807, 2.05) is 0 Å². The fraction of sp³-hybridized carbons (Fsp3) is 0.593. The van der Waals surface area contributed by atoms with E-state index in [1.54, 1.807) is 0 Å². The third-order valence-corrected chi connectivity index (χ3v) is 8.45. The molecular weight excluding hydrogens is 555 g/mol. The van der Waals surface area contributed by atoms with E-state index in [2.05, 4.69) is 20.2 Å². The van der Waals surface area contributed by atoms with Crippen LogP contribution < -0.4 is 10.1 Å². The Bertz CT molecular complexity index is 1250. The standard InChI is InChI=1S/C27H31F5N4O5/c1-14-21(24(41-26(14,2)27(30,31)32)25(38)35-17-7-33-20(11-37)34-8-17)18-3-4-19(28)22(29)23(18)40-6-5-36-9-15-12-39-13-16(15)10-36/h3-4,7-8,14-16,21,24,37H,5-6,9-13H2,1-2H3,(H,35,38)/t14-,15-,16+,21-,24+,26+/m0/s1. The van der Waals surface area contributed by atoms with Crippen LogP contribution in [0.2, 0.25) is 0 Å². The number of rotatable bonds is 8. The number of fused-ring (bicyclic) bond motifs is 1. The highest BCUT2D eigenvalue weighted by Crippen LogP contribution is 2.55. The normalized spacial score (nSPS) is 30.0. The van der Waals surface area contributed by atoms with Gasteiger partial charge in [-0.25, -0.2) is 14.4 Å². The number of carbonyl (C=O) groups is 1. The molecule has 0 saturated carbocycles. The zero-order valence-corrected chi connectivity index (χ0v) is 22.5. The highest BCUT2D eigenvalue weighted by molar-refractivity contribution is 5.95. The topological polar surface area (TPSA) is 106 Å². The lowest BCUT2D eigenvalue weighted by molar-refractivity contribution is -0.272. The molecule has 6 atom stereocenters. The van der Waals surface area contributed by atoms with Gasteiger partial charge in [0.2, 0.25) is 5.82 Å². The highest BCUT2D eigenvalue weighted by Gasteiger charge is 2.66. The van der Waals surface area contributed by atoms with Gasteiger partial charge < -0.3 is 24.6 Å². The second kappa shape index (κ2) is 11.4. The number of nitrogens with one attached hydrogen (secondary N) is 1. The number of ether oxygens (including phenoxy) is 3. The number of nitrogens with zero attached hydrogens (tertiary/aromatic N) is 3. The summed E-state index contributed by atoms with van der Waals surface area (Å²) in [6, 6.07) is 1.93. The van der Waals surface area contributed by atoms with Gasteiger partial charge in [-0.15, -0.1) is 0 Å². The van der Waals surface area contributed by atoms with Crippen molar-refractivity contribution in [1.82, 2.24) is 14.9 Å². The maximum atomic E-state index is 15.2. The van der Waals surface area contributed by atoms with Gasteiger partial charge in [0.1, 0.15) is 19.3 Å². The lowest BCUT2D eigenvalue weighted by Gasteiger charge is -2.32. The molecule has 3 aliphatic rings. The average Bonchev–Trinajstić information content (AvgIpc) is 3.60. The molecule has 9 nitrogen and oxygen atoms in total. The first-order valence-corrected chi connectivity index (χ1v) is 13.3. The van der Waals surface area contributed by atoms with Gasteiger partial charge in [0.05, 0.1) is 31.3 Å². The van der Waals surface area contributed by atoms with Gasteiger partial charge in [-0.1, -0.05) is 13.0 Å².